The number of hydrogen-bond donors (Lipinski definition) is 14. The van der Waals surface area contributed by atoms with Gasteiger partial charge in [0.25, 0.3) is 0 Å². The van der Waals surface area contributed by atoms with Crippen molar-refractivity contribution in [3.05, 3.63) is 29.8 Å². The molecule has 1 unspecified atom stereocenters. The molecule has 6 atom stereocenters. The summed E-state index contributed by atoms with van der Waals surface area (Å²) in [5, 5.41) is 33.1. The molecule has 0 aliphatic rings. The lowest BCUT2D eigenvalue weighted by atomic mass is 10.0. The van der Waals surface area contributed by atoms with Gasteiger partial charge in [-0.15, -0.1) is 0 Å². The lowest BCUT2D eigenvalue weighted by Gasteiger charge is -2.25. The van der Waals surface area contributed by atoms with E-state index < -0.39 is 158 Å². The topological polar surface area (TPSA) is 440 Å². The van der Waals surface area contributed by atoms with E-state index in [1.165, 1.54) is 38.1 Å². The second-order valence-electron chi connectivity index (χ2n) is 15.7. The Morgan fingerprint density at radius 3 is 1.50 bits per heavy atom. The Kier molecular flexibility index (Phi) is 25.3. The Balaban J connectivity index is 3.05. The highest BCUT2D eigenvalue weighted by Crippen LogP contribution is 2.12. The summed E-state index contributed by atoms with van der Waals surface area (Å²) in [4.78, 5) is 163. The first-order valence-electron chi connectivity index (χ1n) is 21.3. The van der Waals surface area contributed by atoms with Crippen LogP contribution in [0.3, 0.4) is 0 Å². The van der Waals surface area contributed by atoms with Gasteiger partial charge < -0.3 is 75.5 Å². The van der Waals surface area contributed by atoms with Crippen LogP contribution in [0.4, 0.5) is 0 Å². The van der Waals surface area contributed by atoms with Crippen molar-refractivity contribution in [3.8, 4) is 5.75 Å². The first-order valence-corrected chi connectivity index (χ1v) is 21.3. The molecule has 0 aromatic heterocycles. The Morgan fingerprint density at radius 1 is 0.485 bits per heavy atom. The van der Waals surface area contributed by atoms with E-state index in [1.807, 2.05) is 0 Å². The molecule has 0 fully saturated rings. The number of nitrogens with one attached hydrogen (secondary N) is 10. The molecule has 1 rings (SSSR count). The van der Waals surface area contributed by atoms with E-state index in [0.717, 1.165) is 0 Å². The highest BCUT2D eigenvalue weighted by atomic mass is 16.3. The molecular weight excluding hydrogens is 899 g/mol. The normalized spacial score (nSPS) is 13.3. The molecule has 0 bridgehead atoms. The van der Waals surface area contributed by atoms with Crippen molar-refractivity contribution < 1.29 is 67.4 Å². The molecule has 376 valence electrons. The van der Waals surface area contributed by atoms with Gasteiger partial charge in [-0.3, -0.25) is 62.3 Å². The summed E-state index contributed by atoms with van der Waals surface area (Å²) in [6.45, 7) is 5.13. The van der Waals surface area contributed by atoms with E-state index in [-0.39, 0.29) is 25.0 Å². The molecule has 17 N–H and O–H groups in total. The van der Waals surface area contributed by atoms with Crippen molar-refractivity contribution in [2.75, 3.05) is 26.2 Å². The minimum Gasteiger partial charge on any atom is -0.508 e. The Labute approximate surface area is 391 Å². The molecular formula is C41H63N13O14. The number of phenols is 1. The summed E-state index contributed by atoms with van der Waals surface area (Å²) in [6.07, 6.45) is -1.000. The molecule has 0 radical (unpaired) electrons. The average Bonchev–Trinajstić information content (AvgIpc) is 3.26. The molecule has 0 saturated heterocycles. The number of aromatic hydroxyl groups is 1. The lowest BCUT2D eigenvalue weighted by Crippen LogP contribution is -2.59. The van der Waals surface area contributed by atoms with Crippen LogP contribution in [0.2, 0.25) is 0 Å². The standard InChI is InChI=1S/C41H63N13O14/c1-6-7-31(59)45-18-33(61)51-27(15-29(43)57)40(67)50-22(5)37(64)53-26(14-23-8-10-24(55)11-9-23)39(66)49-21(4)36(63)52-25(12-13-28(42)56)38(65)48-17-32(60)46-19-34(62)54-35(20(2)3)41(68)47-16-30(44)58/h8-11,20-22,25-27,35,55H,6-7,12-19H2,1-5H3,(H2,42,56)(H2,43,57)(H2,44,58)(H,45,59)(H,46,60)(H,47,68)(H,48,65)(H,49,66)(H,50,67)(H,51,61)(H,52,63)(H,53,64)(H,54,62)/t21-,22-,25-,26-,27-,35?/m0/s1. The van der Waals surface area contributed by atoms with Gasteiger partial charge in [-0.25, -0.2) is 0 Å². The predicted octanol–water partition coefficient (Wildman–Crippen LogP) is -6.57. The first kappa shape index (κ1) is 58.1. The Bertz CT molecular complexity index is 2010. The van der Waals surface area contributed by atoms with Crippen molar-refractivity contribution >= 4 is 76.8 Å². The van der Waals surface area contributed by atoms with Crippen molar-refractivity contribution in [2.24, 2.45) is 23.1 Å². The molecule has 27 heteroatoms. The van der Waals surface area contributed by atoms with Crippen molar-refractivity contribution in [2.45, 2.75) is 109 Å². The zero-order valence-electron chi connectivity index (χ0n) is 38.4. The van der Waals surface area contributed by atoms with Gasteiger partial charge in [-0.2, -0.15) is 0 Å². The minimum absolute atomic E-state index is 0.109. The number of carbonyl (C=O) groups excluding carboxylic acids is 13. The van der Waals surface area contributed by atoms with Crippen LogP contribution in [0, 0.1) is 5.92 Å². The smallest absolute Gasteiger partial charge is 0.243 e. The van der Waals surface area contributed by atoms with Crippen LogP contribution < -0.4 is 70.4 Å². The largest absolute Gasteiger partial charge is 0.508 e. The number of primary amides is 3. The van der Waals surface area contributed by atoms with E-state index in [1.54, 1.807) is 20.8 Å². The molecule has 0 aliphatic heterocycles. The van der Waals surface area contributed by atoms with Crippen LogP contribution in [-0.2, 0) is 68.7 Å². The summed E-state index contributed by atoms with van der Waals surface area (Å²) < 4.78 is 0. The first-order chi connectivity index (χ1) is 31.8. The fraction of sp³-hybridized carbons (Fsp3) is 0.537. The van der Waals surface area contributed by atoms with Gasteiger partial charge in [-0.1, -0.05) is 32.9 Å². The Morgan fingerprint density at radius 2 is 0.985 bits per heavy atom. The van der Waals surface area contributed by atoms with Crippen molar-refractivity contribution in [1.29, 1.82) is 0 Å². The summed E-state index contributed by atoms with van der Waals surface area (Å²) in [5.41, 5.74) is 16.0. The second kappa shape index (κ2) is 29.6. The highest BCUT2D eigenvalue weighted by molar-refractivity contribution is 5.98. The Hall–Kier alpha value is -7.87. The highest BCUT2D eigenvalue weighted by Gasteiger charge is 2.31. The number of amides is 13. The number of rotatable bonds is 30. The fourth-order valence-corrected chi connectivity index (χ4v) is 5.71. The molecule has 0 saturated carbocycles. The third kappa shape index (κ3) is 23.4. The van der Waals surface area contributed by atoms with Crippen molar-refractivity contribution in [3.63, 3.8) is 0 Å². The average molecular weight is 962 g/mol. The van der Waals surface area contributed by atoms with Crippen LogP contribution in [-0.4, -0.2) is 144 Å². The van der Waals surface area contributed by atoms with E-state index in [2.05, 4.69) is 53.2 Å². The molecule has 0 heterocycles. The van der Waals surface area contributed by atoms with Crippen LogP contribution in [0.25, 0.3) is 0 Å². The third-order valence-corrected chi connectivity index (χ3v) is 9.38. The zero-order valence-corrected chi connectivity index (χ0v) is 38.4. The van der Waals surface area contributed by atoms with E-state index in [9.17, 15) is 67.4 Å². The van der Waals surface area contributed by atoms with Crippen molar-refractivity contribution in [1.82, 2.24) is 53.2 Å². The third-order valence-electron chi connectivity index (χ3n) is 9.38. The van der Waals surface area contributed by atoms with Gasteiger partial charge in [0.15, 0.2) is 0 Å². The second-order valence-corrected chi connectivity index (χ2v) is 15.7. The number of carbonyl (C=O) groups is 13. The SMILES string of the molecule is CCCC(=O)NCC(=O)N[C@@H](CC(N)=O)C(=O)N[C@@H](C)C(=O)N[C@@H](Cc1ccc(O)cc1)C(=O)N[C@@H](C)C(=O)N[C@@H](CCC(N)=O)C(=O)NCC(=O)NCC(=O)NC(C(=O)NCC(N)=O)C(C)C. The molecule has 27 nitrogen and oxygen atoms in total. The van der Waals surface area contributed by atoms with E-state index >= 15 is 0 Å². The van der Waals surface area contributed by atoms with Gasteiger partial charge >= 0.3 is 0 Å². The summed E-state index contributed by atoms with van der Waals surface area (Å²) in [7, 11) is 0. The number of nitrogens with two attached hydrogens (primary N) is 3. The van der Waals surface area contributed by atoms with Gasteiger partial charge in [0.1, 0.15) is 42.0 Å². The van der Waals surface area contributed by atoms with Gasteiger partial charge in [-0.05, 0) is 50.3 Å². The maximum atomic E-state index is 13.7. The minimum atomic E-state index is -1.55. The summed E-state index contributed by atoms with van der Waals surface area (Å²) in [5.74, 6) is -11.6. The van der Waals surface area contributed by atoms with Gasteiger partial charge in [0, 0.05) is 19.3 Å². The van der Waals surface area contributed by atoms with Crippen LogP contribution in [0.1, 0.15) is 72.3 Å². The monoisotopic (exact) mass is 961 g/mol. The molecule has 0 aliphatic carbocycles. The number of benzene rings is 1. The lowest BCUT2D eigenvalue weighted by molar-refractivity contribution is -0.135. The van der Waals surface area contributed by atoms with E-state index in [4.69, 9.17) is 17.2 Å². The maximum Gasteiger partial charge on any atom is 0.243 e. The quantitative estimate of drug-likeness (QED) is 0.0341. The van der Waals surface area contributed by atoms with Crippen LogP contribution >= 0.6 is 0 Å². The van der Waals surface area contributed by atoms with Gasteiger partial charge in [0.05, 0.1) is 32.6 Å². The summed E-state index contributed by atoms with van der Waals surface area (Å²) >= 11 is 0. The predicted molar refractivity (Wildman–Crippen MR) is 238 cm³/mol. The van der Waals surface area contributed by atoms with Crippen LogP contribution in [0.15, 0.2) is 24.3 Å². The molecule has 68 heavy (non-hydrogen) atoms. The number of hydrogen-bond acceptors (Lipinski definition) is 14. The molecule has 0 spiro atoms. The fourth-order valence-electron chi connectivity index (χ4n) is 5.71. The van der Waals surface area contributed by atoms with E-state index in [0.29, 0.717) is 12.0 Å². The maximum absolute atomic E-state index is 13.7. The molecule has 1 aromatic carbocycles. The molecule has 1 aromatic rings. The summed E-state index contributed by atoms with van der Waals surface area (Å²) in [6, 6.07) is -2.91. The van der Waals surface area contributed by atoms with Gasteiger partial charge in [0.2, 0.25) is 76.8 Å². The molecule has 13 amide bonds. The zero-order chi connectivity index (χ0) is 51.7. The number of phenolic OH excluding ortho intramolecular Hbond substituents is 1. The van der Waals surface area contributed by atoms with Crippen LogP contribution in [0.5, 0.6) is 5.75 Å².